The molecule has 2 heterocycles. The molecule has 0 unspecified atom stereocenters. The molecule has 5 heteroatoms. The maximum absolute atomic E-state index is 11.9. The third-order valence-electron chi connectivity index (χ3n) is 3.30. The lowest BCUT2D eigenvalue weighted by atomic mass is 10.1. The number of carbonyl (C=O) groups excluding carboxylic acids is 1. The van der Waals surface area contributed by atoms with Crippen LogP contribution >= 0.6 is 11.8 Å². The highest BCUT2D eigenvalue weighted by atomic mass is 32.2. The summed E-state index contributed by atoms with van der Waals surface area (Å²) >= 11 is 1.75. The van der Waals surface area contributed by atoms with Crippen LogP contribution in [0, 0.1) is 0 Å². The standard InChI is InChI=1S/C13H23N3OS/c1-13(2)10-18-12(15-13)14-7-6-11(17)16-8-4-3-5-9-16/h3-10H2,1-2H3,(H,14,15). The first-order valence-electron chi connectivity index (χ1n) is 6.80. The summed E-state index contributed by atoms with van der Waals surface area (Å²) in [6.45, 7) is 6.83. The molecule has 0 aromatic rings. The molecule has 0 aromatic heterocycles. The Balaban J connectivity index is 1.71. The number of nitrogens with zero attached hydrogens (tertiary/aromatic N) is 2. The summed E-state index contributed by atoms with van der Waals surface area (Å²) in [5, 5.41) is 4.36. The van der Waals surface area contributed by atoms with E-state index in [4.69, 9.17) is 0 Å². The summed E-state index contributed by atoms with van der Waals surface area (Å²) in [6.07, 6.45) is 4.13. The number of likely N-dealkylation sites (tertiary alicyclic amines) is 1. The largest absolute Gasteiger partial charge is 0.359 e. The van der Waals surface area contributed by atoms with Gasteiger partial charge >= 0.3 is 0 Å². The minimum absolute atomic E-state index is 0.139. The van der Waals surface area contributed by atoms with E-state index in [1.165, 1.54) is 6.42 Å². The summed E-state index contributed by atoms with van der Waals surface area (Å²) < 4.78 is 0. The van der Waals surface area contributed by atoms with Gasteiger partial charge in [0.15, 0.2) is 5.17 Å². The van der Waals surface area contributed by atoms with Crippen LogP contribution in [0.3, 0.4) is 0 Å². The molecule has 0 aliphatic carbocycles. The fourth-order valence-corrected chi connectivity index (χ4v) is 3.35. The second kappa shape index (κ2) is 5.95. The van der Waals surface area contributed by atoms with Crippen molar-refractivity contribution in [3.05, 3.63) is 0 Å². The van der Waals surface area contributed by atoms with Crippen LogP contribution in [0.1, 0.15) is 39.5 Å². The molecule has 2 fully saturated rings. The van der Waals surface area contributed by atoms with E-state index in [9.17, 15) is 4.79 Å². The topological polar surface area (TPSA) is 44.7 Å². The van der Waals surface area contributed by atoms with Gasteiger partial charge in [-0.2, -0.15) is 0 Å². The van der Waals surface area contributed by atoms with Crippen molar-refractivity contribution in [1.29, 1.82) is 0 Å². The van der Waals surface area contributed by atoms with Crippen LogP contribution < -0.4 is 5.32 Å². The lowest BCUT2D eigenvalue weighted by molar-refractivity contribution is -0.131. The summed E-state index contributed by atoms with van der Waals surface area (Å²) in [5.74, 6) is 1.31. The lowest BCUT2D eigenvalue weighted by Gasteiger charge is -2.26. The fourth-order valence-electron chi connectivity index (χ4n) is 2.25. The van der Waals surface area contributed by atoms with Crippen LogP contribution in [0.4, 0.5) is 0 Å². The summed E-state index contributed by atoms with van der Waals surface area (Å²) in [5.41, 5.74) is 0.139. The number of hydrogen-bond donors (Lipinski definition) is 1. The van der Waals surface area contributed by atoms with Crippen LogP contribution in [0.25, 0.3) is 0 Å². The molecule has 102 valence electrons. The minimum Gasteiger partial charge on any atom is -0.359 e. The van der Waals surface area contributed by atoms with Crippen LogP contribution in [-0.2, 0) is 4.79 Å². The number of rotatable bonds is 3. The third-order valence-corrected chi connectivity index (χ3v) is 4.68. The number of thioether (sulfide) groups is 1. The normalized spacial score (nSPS) is 25.2. The number of piperidine rings is 1. The van der Waals surface area contributed by atoms with Gasteiger partial charge in [0.2, 0.25) is 5.91 Å². The lowest BCUT2D eigenvalue weighted by Crippen LogP contribution is -2.37. The third kappa shape index (κ3) is 3.90. The Bertz CT molecular complexity index is 335. The van der Waals surface area contributed by atoms with Crippen molar-refractivity contribution < 1.29 is 4.79 Å². The van der Waals surface area contributed by atoms with E-state index in [1.807, 2.05) is 4.90 Å². The molecule has 2 rings (SSSR count). The molecular weight excluding hydrogens is 246 g/mol. The Morgan fingerprint density at radius 3 is 2.72 bits per heavy atom. The molecule has 0 spiro atoms. The zero-order valence-electron chi connectivity index (χ0n) is 11.4. The zero-order chi connectivity index (χ0) is 13.0. The van der Waals surface area contributed by atoms with Gasteiger partial charge in [-0.25, -0.2) is 0 Å². The highest BCUT2D eigenvalue weighted by Crippen LogP contribution is 2.22. The van der Waals surface area contributed by atoms with E-state index in [1.54, 1.807) is 11.8 Å². The predicted molar refractivity (Wildman–Crippen MR) is 77.0 cm³/mol. The first-order valence-corrected chi connectivity index (χ1v) is 7.79. The second-order valence-electron chi connectivity index (χ2n) is 5.68. The quantitative estimate of drug-likeness (QED) is 0.850. The van der Waals surface area contributed by atoms with E-state index in [2.05, 4.69) is 24.2 Å². The smallest absolute Gasteiger partial charge is 0.224 e. The molecule has 0 bridgehead atoms. The van der Waals surface area contributed by atoms with E-state index >= 15 is 0 Å². The van der Waals surface area contributed by atoms with Gasteiger partial charge in [-0.15, -0.1) is 0 Å². The number of amides is 1. The number of aliphatic imine (C=N–C) groups is 1. The fraction of sp³-hybridized carbons (Fsp3) is 0.846. The molecule has 0 saturated carbocycles. The Labute approximate surface area is 114 Å². The van der Waals surface area contributed by atoms with Crippen molar-refractivity contribution in [2.75, 3.05) is 25.4 Å². The molecule has 0 aromatic carbocycles. The van der Waals surface area contributed by atoms with E-state index < -0.39 is 0 Å². The number of hydrogen-bond acceptors (Lipinski definition) is 3. The Kier molecular flexibility index (Phi) is 4.54. The van der Waals surface area contributed by atoms with Crippen LogP contribution in [0.2, 0.25) is 0 Å². The predicted octanol–water partition coefficient (Wildman–Crippen LogP) is 1.86. The molecule has 2 aliphatic rings. The Hall–Kier alpha value is -0.710. The summed E-state index contributed by atoms with van der Waals surface area (Å²) in [6, 6.07) is 0. The zero-order valence-corrected chi connectivity index (χ0v) is 12.2. The second-order valence-corrected chi connectivity index (χ2v) is 6.64. The van der Waals surface area contributed by atoms with Gasteiger partial charge in [-0.05, 0) is 33.1 Å². The molecule has 18 heavy (non-hydrogen) atoms. The van der Waals surface area contributed by atoms with E-state index in [0.29, 0.717) is 13.0 Å². The van der Waals surface area contributed by atoms with Crippen molar-refractivity contribution >= 4 is 22.8 Å². The van der Waals surface area contributed by atoms with Crippen molar-refractivity contribution in [3.8, 4) is 0 Å². The van der Waals surface area contributed by atoms with Gasteiger partial charge in [0.05, 0.1) is 6.54 Å². The number of nitrogens with one attached hydrogen (secondary N) is 1. The van der Waals surface area contributed by atoms with Crippen LogP contribution in [0.5, 0.6) is 0 Å². The van der Waals surface area contributed by atoms with Gasteiger partial charge in [-0.3, -0.25) is 9.79 Å². The first kappa shape index (κ1) is 13.7. The maximum atomic E-state index is 11.9. The van der Waals surface area contributed by atoms with E-state index in [-0.39, 0.29) is 11.4 Å². The maximum Gasteiger partial charge on any atom is 0.224 e. The summed E-state index contributed by atoms with van der Waals surface area (Å²) in [7, 11) is 0. The highest BCUT2D eigenvalue weighted by Gasteiger charge is 2.27. The number of carbonyl (C=O) groups is 1. The molecule has 4 nitrogen and oxygen atoms in total. The molecule has 1 N–H and O–H groups in total. The Morgan fingerprint density at radius 1 is 1.39 bits per heavy atom. The average Bonchev–Trinajstić information content (AvgIpc) is 2.70. The van der Waals surface area contributed by atoms with Crippen LogP contribution in [0.15, 0.2) is 4.99 Å². The SMILES string of the molecule is CC1(C)CSC(=NCCC(=O)N2CCCCC2)N1. The van der Waals surface area contributed by atoms with Gasteiger partial charge in [0, 0.05) is 30.8 Å². The van der Waals surface area contributed by atoms with Crippen molar-refractivity contribution in [1.82, 2.24) is 10.2 Å². The molecule has 1 amide bonds. The van der Waals surface area contributed by atoms with Gasteiger partial charge < -0.3 is 10.2 Å². The highest BCUT2D eigenvalue weighted by molar-refractivity contribution is 8.14. The molecule has 2 saturated heterocycles. The monoisotopic (exact) mass is 269 g/mol. The molecule has 2 aliphatic heterocycles. The van der Waals surface area contributed by atoms with Crippen molar-refractivity contribution in [2.45, 2.75) is 45.1 Å². The first-order chi connectivity index (χ1) is 8.57. The average molecular weight is 269 g/mol. The van der Waals surface area contributed by atoms with Gasteiger partial charge in [0.1, 0.15) is 0 Å². The molecule has 0 atom stereocenters. The van der Waals surface area contributed by atoms with Crippen molar-refractivity contribution in [2.24, 2.45) is 4.99 Å². The Morgan fingerprint density at radius 2 is 2.11 bits per heavy atom. The molecular formula is C13H23N3OS. The van der Waals surface area contributed by atoms with E-state index in [0.717, 1.165) is 36.9 Å². The minimum atomic E-state index is 0.139. The van der Waals surface area contributed by atoms with Crippen molar-refractivity contribution in [3.63, 3.8) is 0 Å². The summed E-state index contributed by atoms with van der Waals surface area (Å²) in [4.78, 5) is 18.4. The van der Waals surface area contributed by atoms with Gasteiger partial charge in [-0.1, -0.05) is 11.8 Å². The van der Waals surface area contributed by atoms with Crippen LogP contribution in [-0.4, -0.2) is 46.9 Å². The van der Waals surface area contributed by atoms with Gasteiger partial charge in [0.25, 0.3) is 0 Å². The molecule has 0 radical (unpaired) electrons. The number of amidine groups is 1.